The van der Waals surface area contributed by atoms with Crippen LogP contribution < -0.4 is 5.32 Å². The van der Waals surface area contributed by atoms with Crippen molar-refractivity contribution in [2.75, 3.05) is 7.05 Å². The Kier molecular flexibility index (Phi) is 5.82. The van der Waals surface area contributed by atoms with Gasteiger partial charge < -0.3 is 10.2 Å². The second kappa shape index (κ2) is 8.62. The summed E-state index contributed by atoms with van der Waals surface area (Å²) in [6, 6.07) is 7.64. The first kappa shape index (κ1) is 21.6. The van der Waals surface area contributed by atoms with Gasteiger partial charge in [-0.05, 0) is 80.4 Å². The minimum absolute atomic E-state index is 0.0137. The molecule has 170 valence electrons. The molecule has 0 spiro atoms. The molecule has 1 heterocycles. The Morgan fingerprint density at radius 2 is 1.72 bits per heavy atom. The summed E-state index contributed by atoms with van der Waals surface area (Å²) in [6.45, 7) is 3.13. The molecule has 4 bridgehead atoms. The van der Waals surface area contributed by atoms with E-state index in [4.69, 9.17) is 0 Å². The van der Waals surface area contributed by atoms with Crippen LogP contribution in [0.3, 0.4) is 0 Å². The smallest absolute Gasteiger partial charge is 0.253 e. The molecule has 5 nitrogen and oxygen atoms in total. The highest BCUT2D eigenvalue weighted by atomic mass is 32.1. The fraction of sp³-hybridized carbons (Fsp3) is 0.577. The van der Waals surface area contributed by atoms with Crippen LogP contribution in [0.2, 0.25) is 0 Å². The standard InChI is InChI=1S/C26H33N3O2S/c1-3-23-28-22(16-32-23)15-29(2)24(30)21-6-4-17(5-7-21)14-27-25(31)26-11-18-8-19(12-26)10-20(9-18)13-26/h4-7,16,18-20H,3,8-15H2,1-2H3,(H,27,31). The fourth-order valence-corrected chi connectivity index (χ4v) is 7.38. The van der Waals surface area contributed by atoms with Gasteiger partial charge in [-0.1, -0.05) is 19.1 Å². The summed E-state index contributed by atoms with van der Waals surface area (Å²) in [5, 5.41) is 6.35. The normalized spacial score (nSPS) is 28.0. The molecule has 6 heteroatoms. The highest BCUT2D eigenvalue weighted by Gasteiger charge is 2.54. The van der Waals surface area contributed by atoms with Crippen LogP contribution in [-0.2, 0) is 24.3 Å². The third-order valence-corrected chi connectivity index (χ3v) is 8.86. The zero-order valence-electron chi connectivity index (χ0n) is 19.1. The quantitative estimate of drug-likeness (QED) is 0.657. The van der Waals surface area contributed by atoms with Gasteiger partial charge in [-0.3, -0.25) is 9.59 Å². The Hall–Kier alpha value is -2.21. The lowest BCUT2D eigenvalue weighted by molar-refractivity contribution is -0.146. The van der Waals surface area contributed by atoms with E-state index in [1.165, 1.54) is 19.3 Å². The summed E-state index contributed by atoms with van der Waals surface area (Å²) >= 11 is 1.64. The van der Waals surface area contributed by atoms with Crippen LogP contribution in [0.25, 0.3) is 0 Å². The number of carbonyl (C=O) groups is 2. The van der Waals surface area contributed by atoms with Crippen molar-refractivity contribution < 1.29 is 9.59 Å². The molecule has 6 rings (SSSR count). The predicted molar refractivity (Wildman–Crippen MR) is 126 cm³/mol. The van der Waals surface area contributed by atoms with Gasteiger partial charge in [0.2, 0.25) is 5.91 Å². The molecular formula is C26H33N3O2S. The molecule has 0 atom stereocenters. The van der Waals surface area contributed by atoms with Gasteiger partial charge in [0, 0.05) is 30.0 Å². The summed E-state index contributed by atoms with van der Waals surface area (Å²) in [5.74, 6) is 2.55. The van der Waals surface area contributed by atoms with Crippen molar-refractivity contribution in [2.45, 2.75) is 65.0 Å². The minimum atomic E-state index is -0.110. The van der Waals surface area contributed by atoms with Crippen molar-refractivity contribution in [2.24, 2.45) is 23.2 Å². The van der Waals surface area contributed by atoms with E-state index in [-0.39, 0.29) is 17.2 Å². The van der Waals surface area contributed by atoms with E-state index in [0.717, 1.165) is 59.7 Å². The van der Waals surface area contributed by atoms with E-state index < -0.39 is 0 Å². The molecule has 2 amide bonds. The van der Waals surface area contributed by atoms with Crippen molar-refractivity contribution in [3.8, 4) is 0 Å². The molecular weight excluding hydrogens is 418 g/mol. The molecule has 1 N–H and O–H groups in total. The molecule has 0 unspecified atom stereocenters. The summed E-state index contributed by atoms with van der Waals surface area (Å²) in [5.41, 5.74) is 2.52. The zero-order chi connectivity index (χ0) is 22.3. The van der Waals surface area contributed by atoms with Gasteiger partial charge in [0.1, 0.15) is 0 Å². The van der Waals surface area contributed by atoms with Gasteiger partial charge in [-0.2, -0.15) is 0 Å². The molecule has 2 aromatic rings. The van der Waals surface area contributed by atoms with E-state index in [1.54, 1.807) is 16.2 Å². The second-order valence-electron chi connectivity index (χ2n) is 10.3. The molecule has 0 radical (unpaired) electrons. The second-order valence-corrected chi connectivity index (χ2v) is 11.3. The van der Waals surface area contributed by atoms with Crippen molar-refractivity contribution in [1.82, 2.24) is 15.2 Å². The molecule has 32 heavy (non-hydrogen) atoms. The number of nitrogens with zero attached hydrogens (tertiary/aromatic N) is 2. The van der Waals surface area contributed by atoms with Gasteiger partial charge in [0.05, 0.1) is 17.2 Å². The van der Waals surface area contributed by atoms with Gasteiger partial charge in [0.25, 0.3) is 5.91 Å². The molecule has 1 aromatic heterocycles. The molecule has 4 saturated carbocycles. The first-order valence-corrected chi connectivity index (χ1v) is 12.9. The van der Waals surface area contributed by atoms with Crippen LogP contribution in [0.5, 0.6) is 0 Å². The van der Waals surface area contributed by atoms with E-state index in [0.29, 0.717) is 18.7 Å². The van der Waals surface area contributed by atoms with E-state index in [9.17, 15) is 9.59 Å². The number of carbonyl (C=O) groups excluding carboxylic acids is 2. The average Bonchev–Trinajstić information content (AvgIpc) is 3.24. The molecule has 1 aromatic carbocycles. The van der Waals surface area contributed by atoms with Crippen molar-refractivity contribution in [1.29, 1.82) is 0 Å². The largest absolute Gasteiger partial charge is 0.352 e. The Balaban J connectivity index is 1.16. The predicted octanol–water partition coefficient (Wildman–Crippen LogP) is 4.81. The Labute approximate surface area is 194 Å². The van der Waals surface area contributed by atoms with Gasteiger partial charge >= 0.3 is 0 Å². The Bertz CT molecular complexity index is 961. The molecule has 0 aliphatic heterocycles. The van der Waals surface area contributed by atoms with E-state index in [1.807, 2.05) is 36.7 Å². The SMILES string of the molecule is CCc1nc(CN(C)C(=O)c2ccc(CNC(=O)C34CC5CC(CC(C5)C3)C4)cc2)cs1. The number of nitrogens with one attached hydrogen (secondary N) is 1. The summed E-state index contributed by atoms with van der Waals surface area (Å²) in [6.07, 6.45) is 8.22. The van der Waals surface area contributed by atoms with Crippen molar-refractivity contribution in [3.05, 3.63) is 51.5 Å². The molecule has 4 aliphatic carbocycles. The minimum Gasteiger partial charge on any atom is -0.352 e. The highest BCUT2D eigenvalue weighted by Crippen LogP contribution is 2.60. The lowest BCUT2D eigenvalue weighted by Gasteiger charge is -2.55. The number of aryl methyl sites for hydroxylation is 1. The van der Waals surface area contributed by atoms with Crippen molar-refractivity contribution in [3.63, 3.8) is 0 Å². The summed E-state index contributed by atoms with van der Waals surface area (Å²) in [7, 11) is 1.81. The number of rotatable bonds is 7. The van der Waals surface area contributed by atoms with Crippen molar-refractivity contribution >= 4 is 23.2 Å². The van der Waals surface area contributed by atoms with Crippen LogP contribution in [0.1, 0.15) is 72.1 Å². The fourth-order valence-electron chi connectivity index (χ4n) is 6.64. The first-order chi connectivity index (χ1) is 15.4. The maximum absolute atomic E-state index is 13.2. The first-order valence-electron chi connectivity index (χ1n) is 12.0. The number of aromatic nitrogens is 1. The van der Waals surface area contributed by atoms with Crippen LogP contribution in [0.4, 0.5) is 0 Å². The number of hydrogen-bond acceptors (Lipinski definition) is 4. The number of hydrogen-bond donors (Lipinski definition) is 1. The average molecular weight is 452 g/mol. The molecule has 4 fully saturated rings. The molecule has 0 saturated heterocycles. The van der Waals surface area contributed by atoms with Gasteiger partial charge in [0.15, 0.2) is 0 Å². The van der Waals surface area contributed by atoms with Crippen LogP contribution >= 0.6 is 11.3 Å². The monoisotopic (exact) mass is 451 g/mol. The topological polar surface area (TPSA) is 62.3 Å². The van der Waals surface area contributed by atoms with E-state index >= 15 is 0 Å². The zero-order valence-corrected chi connectivity index (χ0v) is 19.9. The van der Waals surface area contributed by atoms with Crippen LogP contribution in [0.15, 0.2) is 29.6 Å². The lowest BCUT2D eigenvalue weighted by Crippen LogP contribution is -2.53. The van der Waals surface area contributed by atoms with Gasteiger partial charge in [-0.25, -0.2) is 4.98 Å². The van der Waals surface area contributed by atoms with Gasteiger partial charge in [-0.15, -0.1) is 11.3 Å². The number of amides is 2. The molecule has 4 aliphatic rings. The number of thiazole rings is 1. The summed E-state index contributed by atoms with van der Waals surface area (Å²) in [4.78, 5) is 32.2. The Morgan fingerprint density at radius 3 is 2.28 bits per heavy atom. The van der Waals surface area contributed by atoms with E-state index in [2.05, 4.69) is 17.2 Å². The Morgan fingerprint density at radius 1 is 1.09 bits per heavy atom. The maximum Gasteiger partial charge on any atom is 0.253 e. The van der Waals surface area contributed by atoms with Crippen LogP contribution in [-0.4, -0.2) is 28.7 Å². The lowest BCUT2D eigenvalue weighted by atomic mass is 9.49. The third-order valence-electron chi connectivity index (χ3n) is 7.82. The number of benzene rings is 1. The van der Waals surface area contributed by atoms with Crippen LogP contribution in [0, 0.1) is 23.2 Å². The maximum atomic E-state index is 13.2. The highest BCUT2D eigenvalue weighted by molar-refractivity contribution is 7.09. The summed E-state index contributed by atoms with van der Waals surface area (Å²) < 4.78 is 0. The third kappa shape index (κ3) is 4.21.